The minimum atomic E-state index is 0.332. The number of ether oxygens (including phenoxy) is 1. The number of anilines is 1. The van der Waals surface area contributed by atoms with E-state index in [9.17, 15) is 0 Å². The van der Waals surface area contributed by atoms with Crippen molar-refractivity contribution in [1.82, 2.24) is 5.32 Å². The van der Waals surface area contributed by atoms with Gasteiger partial charge in [0.1, 0.15) is 0 Å². The average Bonchev–Trinajstić information content (AvgIpc) is 2.41. The van der Waals surface area contributed by atoms with Gasteiger partial charge in [-0.15, -0.1) is 0 Å². The molecule has 0 aromatic heterocycles. The molecule has 1 aromatic rings. The number of fused-ring (bicyclic) bond motifs is 1. The van der Waals surface area contributed by atoms with E-state index >= 15 is 0 Å². The molecule has 1 aromatic carbocycles. The number of hydrogen-bond acceptors (Lipinski definition) is 3. The van der Waals surface area contributed by atoms with Crippen LogP contribution in [0.25, 0.3) is 0 Å². The molecule has 0 amide bonds. The minimum absolute atomic E-state index is 0.332. The second-order valence-corrected chi connectivity index (χ2v) is 5.49. The third kappa shape index (κ3) is 2.13. The Morgan fingerprint density at radius 2 is 2.22 bits per heavy atom. The van der Waals surface area contributed by atoms with E-state index in [2.05, 4.69) is 42.3 Å². The average molecular weight is 246 g/mol. The Labute approximate surface area is 109 Å². The summed E-state index contributed by atoms with van der Waals surface area (Å²) in [6.07, 6.45) is 1.48. The molecular formula is C15H22N2O. The van der Waals surface area contributed by atoms with Crippen LogP contribution in [0.2, 0.25) is 0 Å². The minimum Gasteiger partial charge on any atom is -0.375 e. The molecule has 18 heavy (non-hydrogen) atoms. The van der Waals surface area contributed by atoms with Gasteiger partial charge in [-0.25, -0.2) is 0 Å². The Kier molecular flexibility index (Phi) is 3.27. The maximum absolute atomic E-state index is 5.73. The lowest BCUT2D eigenvalue weighted by atomic mass is 9.97. The molecule has 1 saturated heterocycles. The third-order valence-electron chi connectivity index (χ3n) is 4.03. The number of morpholine rings is 1. The largest absolute Gasteiger partial charge is 0.375 e. The number of benzene rings is 1. The molecule has 2 unspecified atom stereocenters. The van der Waals surface area contributed by atoms with Crippen LogP contribution < -0.4 is 10.2 Å². The van der Waals surface area contributed by atoms with Crippen LogP contribution in [-0.4, -0.2) is 31.8 Å². The second kappa shape index (κ2) is 4.90. The first-order valence-electron chi connectivity index (χ1n) is 6.95. The Morgan fingerprint density at radius 1 is 1.33 bits per heavy atom. The smallest absolute Gasteiger partial charge is 0.0723 e. The van der Waals surface area contributed by atoms with Gasteiger partial charge in [-0.2, -0.15) is 0 Å². The number of hydrogen-bond donors (Lipinski definition) is 1. The van der Waals surface area contributed by atoms with E-state index < -0.39 is 0 Å². The van der Waals surface area contributed by atoms with Gasteiger partial charge in [0.2, 0.25) is 0 Å². The zero-order valence-electron chi connectivity index (χ0n) is 11.3. The van der Waals surface area contributed by atoms with Crippen molar-refractivity contribution in [3.8, 4) is 0 Å². The van der Waals surface area contributed by atoms with Gasteiger partial charge in [0, 0.05) is 24.8 Å². The van der Waals surface area contributed by atoms with Crippen LogP contribution in [0.15, 0.2) is 18.2 Å². The quantitative estimate of drug-likeness (QED) is 0.819. The molecule has 1 N–H and O–H groups in total. The maximum Gasteiger partial charge on any atom is 0.0723 e. The predicted octanol–water partition coefficient (Wildman–Crippen LogP) is 1.95. The molecule has 2 atom stereocenters. The monoisotopic (exact) mass is 246 g/mol. The number of nitrogens with zero attached hydrogens (tertiary/aromatic N) is 1. The molecule has 3 heteroatoms. The molecule has 2 aliphatic heterocycles. The SMILES string of the molecule is CC1CN(c2cccc3c2CCNC3)C(C)CO1. The van der Waals surface area contributed by atoms with Gasteiger partial charge in [-0.1, -0.05) is 12.1 Å². The van der Waals surface area contributed by atoms with E-state index in [-0.39, 0.29) is 0 Å². The van der Waals surface area contributed by atoms with Crippen molar-refractivity contribution < 1.29 is 4.74 Å². The summed E-state index contributed by atoms with van der Waals surface area (Å²) in [6, 6.07) is 7.19. The van der Waals surface area contributed by atoms with E-state index in [0.717, 1.165) is 32.7 Å². The molecule has 2 aliphatic rings. The summed E-state index contributed by atoms with van der Waals surface area (Å²) in [5.74, 6) is 0. The second-order valence-electron chi connectivity index (χ2n) is 5.49. The Bertz CT molecular complexity index is 433. The molecule has 0 spiro atoms. The van der Waals surface area contributed by atoms with Crippen LogP contribution >= 0.6 is 0 Å². The summed E-state index contributed by atoms with van der Waals surface area (Å²) < 4.78 is 5.73. The Morgan fingerprint density at radius 3 is 3.11 bits per heavy atom. The van der Waals surface area contributed by atoms with Gasteiger partial charge in [-0.3, -0.25) is 0 Å². The first kappa shape index (κ1) is 12.0. The van der Waals surface area contributed by atoms with Gasteiger partial charge < -0.3 is 15.0 Å². The highest BCUT2D eigenvalue weighted by molar-refractivity contribution is 5.58. The molecule has 0 aliphatic carbocycles. The summed E-state index contributed by atoms with van der Waals surface area (Å²) in [6.45, 7) is 8.37. The summed E-state index contributed by atoms with van der Waals surface area (Å²) >= 11 is 0. The molecule has 3 rings (SSSR count). The zero-order chi connectivity index (χ0) is 12.5. The zero-order valence-corrected chi connectivity index (χ0v) is 11.3. The van der Waals surface area contributed by atoms with Gasteiger partial charge in [0.25, 0.3) is 0 Å². The highest BCUT2D eigenvalue weighted by Crippen LogP contribution is 2.29. The fourth-order valence-corrected chi connectivity index (χ4v) is 3.02. The number of rotatable bonds is 1. The first-order chi connectivity index (χ1) is 8.75. The lowest BCUT2D eigenvalue weighted by Crippen LogP contribution is -2.48. The van der Waals surface area contributed by atoms with Gasteiger partial charge in [0.15, 0.2) is 0 Å². The van der Waals surface area contributed by atoms with E-state index in [1.165, 1.54) is 16.8 Å². The molecular weight excluding hydrogens is 224 g/mol. The van der Waals surface area contributed by atoms with E-state index in [1.807, 2.05) is 0 Å². The van der Waals surface area contributed by atoms with Gasteiger partial charge >= 0.3 is 0 Å². The van der Waals surface area contributed by atoms with Gasteiger partial charge in [-0.05, 0) is 44.0 Å². The maximum atomic E-state index is 5.73. The van der Waals surface area contributed by atoms with Crippen molar-refractivity contribution in [1.29, 1.82) is 0 Å². The Hall–Kier alpha value is -1.06. The van der Waals surface area contributed by atoms with Crippen molar-refractivity contribution in [2.75, 3.05) is 24.6 Å². The van der Waals surface area contributed by atoms with Crippen molar-refractivity contribution in [3.05, 3.63) is 29.3 Å². The normalized spacial score (nSPS) is 28.0. The molecule has 1 fully saturated rings. The van der Waals surface area contributed by atoms with Crippen LogP contribution in [0.4, 0.5) is 5.69 Å². The summed E-state index contributed by atoms with van der Waals surface area (Å²) in [5, 5.41) is 3.45. The van der Waals surface area contributed by atoms with Gasteiger partial charge in [0.05, 0.1) is 12.7 Å². The van der Waals surface area contributed by atoms with Crippen molar-refractivity contribution in [2.24, 2.45) is 0 Å². The van der Waals surface area contributed by atoms with E-state index in [1.54, 1.807) is 0 Å². The molecule has 0 bridgehead atoms. The lowest BCUT2D eigenvalue weighted by Gasteiger charge is -2.40. The summed E-state index contributed by atoms with van der Waals surface area (Å²) in [4.78, 5) is 2.53. The predicted molar refractivity (Wildman–Crippen MR) is 74.1 cm³/mol. The van der Waals surface area contributed by atoms with Crippen molar-refractivity contribution in [2.45, 2.75) is 39.0 Å². The summed E-state index contributed by atoms with van der Waals surface area (Å²) in [7, 11) is 0. The van der Waals surface area contributed by atoms with E-state index in [4.69, 9.17) is 4.74 Å². The van der Waals surface area contributed by atoms with Crippen LogP contribution in [0, 0.1) is 0 Å². The van der Waals surface area contributed by atoms with Crippen LogP contribution in [-0.2, 0) is 17.7 Å². The Balaban J connectivity index is 1.95. The molecule has 0 saturated carbocycles. The van der Waals surface area contributed by atoms with Crippen molar-refractivity contribution in [3.63, 3.8) is 0 Å². The third-order valence-corrected chi connectivity index (χ3v) is 4.03. The molecule has 3 nitrogen and oxygen atoms in total. The van der Waals surface area contributed by atoms with Crippen LogP contribution in [0.1, 0.15) is 25.0 Å². The standard InChI is InChI=1S/C15H22N2O/c1-11-10-18-12(2)9-17(11)15-5-3-4-13-8-16-7-6-14(13)15/h3-5,11-12,16H,6-10H2,1-2H3. The highest BCUT2D eigenvalue weighted by Gasteiger charge is 2.26. The van der Waals surface area contributed by atoms with Crippen molar-refractivity contribution >= 4 is 5.69 Å². The van der Waals surface area contributed by atoms with E-state index in [0.29, 0.717) is 12.1 Å². The van der Waals surface area contributed by atoms with Crippen LogP contribution in [0.3, 0.4) is 0 Å². The first-order valence-corrected chi connectivity index (χ1v) is 6.95. The lowest BCUT2D eigenvalue weighted by molar-refractivity contribution is 0.0343. The fourth-order valence-electron chi connectivity index (χ4n) is 3.02. The highest BCUT2D eigenvalue weighted by atomic mass is 16.5. The molecule has 2 heterocycles. The molecule has 0 radical (unpaired) electrons. The summed E-state index contributed by atoms with van der Waals surface area (Å²) in [5.41, 5.74) is 4.43. The van der Waals surface area contributed by atoms with Crippen LogP contribution in [0.5, 0.6) is 0 Å². The topological polar surface area (TPSA) is 24.5 Å². The fraction of sp³-hybridized carbons (Fsp3) is 0.600. The molecule has 98 valence electrons. The number of nitrogens with one attached hydrogen (secondary N) is 1.